The van der Waals surface area contributed by atoms with Crippen molar-refractivity contribution >= 4 is 34.6 Å². The van der Waals surface area contributed by atoms with Crippen LogP contribution in [0.15, 0.2) is 49.1 Å². The number of amides is 1. The number of rotatable bonds is 11. The van der Waals surface area contributed by atoms with Crippen molar-refractivity contribution in [2.75, 3.05) is 61.8 Å². The van der Waals surface area contributed by atoms with Gasteiger partial charge in [-0.2, -0.15) is 0 Å². The first-order valence-electron chi connectivity index (χ1n) is 14.1. The van der Waals surface area contributed by atoms with Gasteiger partial charge in [0, 0.05) is 50.0 Å². The van der Waals surface area contributed by atoms with Crippen LogP contribution in [0.2, 0.25) is 0 Å². The number of aryl methyl sites for hydroxylation is 1. The van der Waals surface area contributed by atoms with Gasteiger partial charge in [-0.3, -0.25) is 10.2 Å². The third-order valence-electron chi connectivity index (χ3n) is 8.02. The number of carbonyl (C=O) groups is 1. The third-order valence-corrected chi connectivity index (χ3v) is 8.02. The molecule has 1 heterocycles. The molecule has 0 aromatic heterocycles. The number of para-hydroxylation sites is 1. The van der Waals surface area contributed by atoms with E-state index in [2.05, 4.69) is 103 Å². The SMILES string of the molecule is C=CC(=O)Nc1cc(NC(=N)NC(C)[C@@H](C)N(C)c2ccccc2CC)c(OC)cc1N1CCC(N(C)C)CC1. The van der Waals surface area contributed by atoms with E-state index < -0.39 is 0 Å². The van der Waals surface area contributed by atoms with Crippen molar-refractivity contribution in [3.63, 3.8) is 0 Å². The molecule has 218 valence electrons. The van der Waals surface area contributed by atoms with Crippen LogP contribution in [0.4, 0.5) is 22.7 Å². The zero-order chi connectivity index (χ0) is 29.4. The van der Waals surface area contributed by atoms with Gasteiger partial charge in [0.1, 0.15) is 5.75 Å². The van der Waals surface area contributed by atoms with Crippen molar-refractivity contribution in [3.8, 4) is 5.75 Å². The summed E-state index contributed by atoms with van der Waals surface area (Å²) in [4.78, 5) is 19.1. The molecule has 9 heteroatoms. The molecule has 2 aromatic carbocycles. The number of guanidine groups is 1. The molecule has 9 nitrogen and oxygen atoms in total. The number of ether oxygens (including phenoxy) is 1. The van der Waals surface area contributed by atoms with E-state index in [0.717, 1.165) is 38.0 Å². The molecule has 40 heavy (non-hydrogen) atoms. The summed E-state index contributed by atoms with van der Waals surface area (Å²) in [5.41, 5.74) is 4.63. The van der Waals surface area contributed by atoms with Crippen molar-refractivity contribution in [1.29, 1.82) is 5.41 Å². The molecule has 0 saturated carbocycles. The van der Waals surface area contributed by atoms with Gasteiger partial charge < -0.3 is 35.4 Å². The Morgan fingerprint density at radius 1 is 1.15 bits per heavy atom. The standard InChI is InChI=1S/C31H47N7O2/c1-9-23-13-11-12-14-27(23)37(7)22(4)21(3)33-31(32)35-26-19-25(34-30(39)10-2)28(20-29(26)40-8)38-17-15-24(16-18-38)36(5)6/h10-14,19-22,24H,2,9,15-18H2,1,3-8H3,(H,34,39)(H3,32,33,35)/t21?,22-/m1/s1. The molecular formula is C31H47N7O2. The Balaban J connectivity index is 1.78. The van der Waals surface area contributed by atoms with Gasteiger partial charge in [0.25, 0.3) is 0 Å². The molecule has 1 aliphatic heterocycles. The highest BCUT2D eigenvalue weighted by Crippen LogP contribution is 2.38. The molecule has 3 rings (SSSR count). The minimum atomic E-state index is -0.286. The van der Waals surface area contributed by atoms with Crippen molar-refractivity contribution in [2.24, 2.45) is 0 Å². The number of carbonyl (C=O) groups excluding carboxylic acids is 1. The number of hydrogen-bond acceptors (Lipinski definition) is 6. The molecule has 2 atom stereocenters. The minimum absolute atomic E-state index is 0.0295. The van der Waals surface area contributed by atoms with Crippen LogP contribution in [0.3, 0.4) is 0 Å². The van der Waals surface area contributed by atoms with Crippen molar-refractivity contribution < 1.29 is 9.53 Å². The third kappa shape index (κ3) is 7.47. The largest absolute Gasteiger partial charge is 0.494 e. The lowest BCUT2D eigenvalue weighted by atomic mass is 10.0. The Kier molecular flexibility index (Phi) is 10.8. The Morgan fingerprint density at radius 2 is 1.82 bits per heavy atom. The summed E-state index contributed by atoms with van der Waals surface area (Å²) in [6.45, 7) is 11.7. The van der Waals surface area contributed by atoms with Gasteiger partial charge in [0.15, 0.2) is 5.96 Å². The maximum Gasteiger partial charge on any atom is 0.247 e. The van der Waals surface area contributed by atoms with Gasteiger partial charge in [-0.1, -0.05) is 31.7 Å². The zero-order valence-electron chi connectivity index (χ0n) is 25.2. The van der Waals surface area contributed by atoms with Crippen LogP contribution < -0.4 is 30.5 Å². The predicted octanol–water partition coefficient (Wildman–Crippen LogP) is 4.76. The van der Waals surface area contributed by atoms with Crippen LogP contribution in [-0.4, -0.2) is 76.2 Å². The highest BCUT2D eigenvalue weighted by Gasteiger charge is 2.25. The van der Waals surface area contributed by atoms with Gasteiger partial charge in [-0.15, -0.1) is 0 Å². The second-order valence-electron chi connectivity index (χ2n) is 10.7. The number of nitrogens with zero attached hydrogens (tertiary/aromatic N) is 3. The summed E-state index contributed by atoms with van der Waals surface area (Å²) < 4.78 is 5.73. The number of methoxy groups -OCH3 is 1. The molecule has 0 radical (unpaired) electrons. The first-order chi connectivity index (χ1) is 19.1. The minimum Gasteiger partial charge on any atom is -0.494 e. The average Bonchev–Trinajstić information content (AvgIpc) is 2.96. The van der Waals surface area contributed by atoms with E-state index in [1.54, 1.807) is 7.11 Å². The Morgan fingerprint density at radius 3 is 2.42 bits per heavy atom. The summed E-state index contributed by atoms with van der Waals surface area (Å²) in [6.07, 6.45) is 4.29. The summed E-state index contributed by atoms with van der Waals surface area (Å²) in [6, 6.07) is 12.8. The van der Waals surface area contributed by atoms with E-state index in [9.17, 15) is 4.79 Å². The Bertz CT molecular complexity index is 1170. The Hall–Kier alpha value is -3.72. The molecule has 0 spiro atoms. The number of nitrogens with one attached hydrogen (secondary N) is 4. The Labute approximate surface area is 240 Å². The lowest BCUT2D eigenvalue weighted by Gasteiger charge is -2.37. The van der Waals surface area contributed by atoms with Gasteiger partial charge in [-0.05, 0) is 71.0 Å². The van der Waals surface area contributed by atoms with E-state index in [1.807, 2.05) is 12.1 Å². The second-order valence-corrected chi connectivity index (χ2v) is 10.7. The molecule has 0 aliphatic carbocycles. The van der Waals surface area contributed by atoms with Crippen molar-refractivity contribution in [1.82, 2.24) is 10.2 Å². The van der Waals surface area contributed by atoms with E-state index in [-0.39, 0.29) is 24.0 Å². The van der Waals surface area contributed by atoms with E-state index in [0.29, 0.717) is 23.2 Å². The lowest BCUT2D eigenvalue weighted by molar-refractivity contribution is -0.111. The highest BCUT2D eigenvalue weighted by molar-refractivity contribution is 6.03. The van der Waals surface area contributed by atoms with Gasteiger partial charge >= 0.3 is 0 Å². The number of benzene rings is 2. The summed E-state index contributed by atoms with van der Waals surface area (Å²) in [5, 5.41) is 18.1. The number of piperidine rings is 1. The fraction of sp³-hybridized carbons (Fsp3) is 0.484. The first-order valence-corrected chi connectivity index (χ1v) is 14.1. The number of hydrogen-bond donors (Lipinski definition) is 4. The lowest BCUT2D eigenvalue weighted by Crippen LogP contribution is -2.49. The zero-order valence-corrected chi connectivity index (χ0v) is 25.2. The maximum atomic E-state index is 12.3. The molecule has 2 aromatic rings. The molecule has 1 fully saturated rings. The van der Waals surface area contributed by atoms with Crippen molar-refractivity contribution in [2.45, 2.75) is 58.2 Å². The monoisotopic (exact) mass is 549 g/mol. The number of anilines is 4. The smallest absolute Gasteiger partial charge is 0.247 e. The molecule has 4 N–H and O–H groups in total. The summed E-state index contributed by atoms with van der Waals surface area (Å²) >= 11 is 0. The molecule has 1 amide bonds. The van der Waals surface area contributed by atoms with E-state index in [4.69, 9.17) is 10.1 Å². The van der Waals surface area contributed by atoms with E-state index >= 15 is 0 Å². The normalized spacial score (nSPS) is 15.2. The average molecular weight is 550 g/mol. The molecular weight excluding hydrogens is 502 g/mol. The maximum absolute atomic E-state index is 12.3. The van der Waals surface area contributed by atoms with Gasteiger partial charge in [0.05, 0.1) is 24.2 Å². The van der Waals surface area contributed by atoms with E-state index in [1.165, 1.54) is 17.3 Å². The van der Waals surface area contributed by atoms with Crippen LogP contribution >= 0.6 is 0 Å². The van der Waals surface area contributed by atoms with Gasteiger partial charge in [0.2, 0.25) is 5.91 Å². The molecule has 0 bridgehead atoms. The topological polar surface area (TPSA) is 96.0 Å². The van der Waals surface area contributed by atoms with Crippen LogP contribution in [0.1, 0.15) is 39.2 Å². The van der Waals surface area contributed by atoms with Crippen molar-refractivity contribution in [3.05, 3.63) is 54.6 Å². The molecule has 1 aliphatic rings. The second kappa shape index (κ2) is 14.1. The molecule has 1 saturated heterocycles. The van der Waals surface area contributed by atoms with Crippen LogP contribution in [0.5, 0.6) is 5.75 Å². The van der Waals surface area contributed by atoms with Crippen LogP contribution in [-0.2, 0) is 11.2 Å². The van der Waals surface area contributed by atoms with Crippen LogP contribution in [0.25, 0.3) is 0 Å². The first kappa shape index (κ1) is 30.8. The van der Waals surface area contributed by atoms with Crippen LogP contribution in [0, 0.1) is 5.41 Å². The predicted molar refractivity (Wildman–Crippen MR) is 168 cm³/mol. The summed E-state index contributed by atoms with van der Waals surface area (Å²) in [5.74, 6) is 0.463. The highest BCUT2D eigenvalue weighted by atomic mass is 16.5. The fourth-order valence-electron chi connectivity index (χ4n) is 5.23. The van der Waals surface area contributed by atoms with Gasteiger partial charge in [-0.25, -0.2) is 0 Å². The molecule has 1 unspecified atom stereocenters. The fourth-order valence-corrected chi connectivity index (χ4v) is 5.23. The summed E-state index contributed by atoms with van der Waals surface area (Å²) in [7, 11) is 7.94. The number of likely N-dealkylation sites (N-methyl/N-ethyl adjacent to an activating group) is 1. The quantitative estimate of drug-likeness (QED) is 0.182.